The highest BCUT2D eigenvalue weighted by molar-refractivity contribution is 9.10. The van der Waals surface area contributed by atoms with Crippen molar-refractivity contribution in [1.29, 1.82) is 0 Å². The Balaban J connectivity index is 0.00000484. The normalized spacial score (nSPS) is 13.1. The van der Waals surface area contributed by atoms with E-state index in [4.69, 9.17) is 4.74 Å². The van der Waals surface area contributed by atoms with Crippen LogP contribution in [-0.2, 0) is 11.2 Å². The van der Waals surface area contributed by atoms with Gasteiger partial charge < -0.3 is 19.5 Å². The van der Waals surface area contributed by atoms with Crippen LogP contribution in [0.15, 0.2) is 59.1 Å². The average molecular weight is 673 g/mol. The van der Waals surface area contributed by atoms with Crippen LogP contribution in [0.4, 0.5) is 30.2 Å². The van der Waals surface area contributed by atoms with Gasteiger partial charge in [0.05, 0.1) is 30.6 Å². The number of carboxylic acid groups (broad SMARTS) is 1. The minimum absolute atomic E-state index is 0. The molecule has 0 radical (unpaired) electrons. The molecule has 0 spiro atoms. The number of methoxy groups -OCH3 is 1. The van der Waals surface area contributed by atoms with Crippen molar-refractivity contribution in [3.8, 4) is 11.5 Å². The summed E-state index contributed by atoms with van der Waals surface area (Å²) in [5.41, 5.74) is 6.46. The summed E-state index contributed by atoms with van der Waals surface area (Å²) < 4.78 is 47.8. The maximum atomic E-state index is 13.8. The molecule has 4 rings (SSSR count). The summed E-state index contributed by atoms with van der Waals surface area (Å²) in [6.07, 6.45) is -1.82. The van der Waals surface area contributed by atoms with Crippen molar-refractivity contribution in [2.24, 2.45) is 0 Å². The zero-order chi connectivity index (χ0) is 29.7. The summed E-state index contributed by atoms with van der Waals surface area (Å²) in [5.74, 6) is -1.97. The number of carbonyl (C=O) groups excluding carboxylic acids is 1. The standard InChI is InChI=1S/C29H29BrF3N3O5.ClH/c1-18-6-11-24(25(14-18)35-12-4-3-5-13-35)34-36(20-7-9-21(10-8-20)41-29(31,32)33)27(37)16-19-15-26(40-2)22(28(38)39)17-23(19)30;/h6-11,14-15,17,34H,3-5,12-13,16H2,1-2H3,(H,38,39);1H. The van der Waals surface area contributed by atoms with Gasteiger partial charge in [0.15, 0.2) is 0 Å². The molecule has 1 heterocycles. The molecule has 1 aliphatic rings. The van der Waals surface area contributed by atoms with Gasteiger partial charge in [-0.2, -0.15) is 0 Å². The van der Waals surface area contributed by atoms with E-state index in [1.54, 1.807) is 0 Å². The van der Waals surface area contributed by atoms with Crippen molar-refractivity contribution in [2.75, 3.05) is 35.5 Å². The Morgan fingerprint density at radius 3 is 2.31 bits per heavy atom. The number of piperidine rings is 1. The zero-order valence-electron chi connectivity index (χ0n) is 22.8. The second-order valence-corrected chi connectivity index (χ2v) is 10.4. The third-order valence-electron chi connectivity index (χ3n) is 6.60. The van der Waals surface area contributed by atoms with Crippen LogP contribution in [0.25, 0.3) is 0 Å². The van der Waals surface area contributed by atoms with Crippen LogP contribution in [0.1, 0.15) is 40.7 Å². The van der Waals surface area contributed by atoms with Crippen LogP contribution >= 0.6 is 28.3 Å². The highest BCUT2D eigenvalue weighted by atomic mass is 79.9. The maximum Gasteiger partial charge on any atom is 0.573 e. The van der Waals surface area contributed by atoms with Crippen LogP contribution < -0.4 is 24.8 Å². The monoisotopic (exact) mass is 671 g/mol. The Bertz CT molecular complexity index is 1420. The topological polar surface area (TPSA) is 91.3 Å². The molecule has 0 bridgehead atoms. The number of amides is 1. The first-order valence-electron chi connectivity index (χ1n) is 12.9. The number of halogens is 5. The first-order chi connectivity index (χ1) is 19.4. The highest BCUT2D eigenvalue weighted by Gasteiger charge is 2.31. The molecular formula is C29H30BrClF3N3O5. The van der Waals surface area contributed by atoms with Gasteiger partial charge in [-0.25, -0.2) is 9.80 Å². The Labute approximate surface area is 255 Å². The van der Waals surface area contributed by atoms with Gasteiger partial charge in [0.1, 0.15) is 17.1 Å². The molecule has 8 nitrogen and oxygen atoms in total. The van der Waals surface area contributed by atoms with Crippen molar-refractivity contribution < 1.29 is 37.3 Å². The van der Waals surface area contributed by atoms with Gasteiger partial charge >= 0.3 is 12.3 Å². The van der Waals surface area contributed by atoms with Gasteiger partial charge in [0.2, 0.25) is 5.91 Å². The van der Waals surface area contributed by atoms with Crippen LogP contribution in [0.3, 0.4) is 0 Å². The molecule has 1 fully saturated rings. The molecule has 1 aliphatic heterocycles. The van der Waals surface area contributed by atoms with Crippen molar-refractivity contribution in [3.05, 3.63) is 75.8 Å². The number of aromatic carboxylic acids is 1. The fourth-order valence-electron chi connectivity index (χ4n) is 4.63. The van der Waals surface area contributed by atoms with E-state index in [1.165, 1.54) is 36.4 Å². The van der Waals surface area contributed by atoms with Gasteiger partial charge in [0.25, 0.3) is 0 Å². The van der Waals surface area contributed by atoms with Gasteiger partial charge in [-0.1, -0.05) is 22.0 Å². The summed E-state index contributed by atoms with van der Waals surface area (Å²) >= 11 is 3.35. The lowest BCUT2D eigenvalue weighted by molar-refractivity contribution is -0.274. The molecule has 0 saturated carbocycles. The Hall–Kier alpha value is -3.64. The summed E-state index contributed by atoms with van der Waals surface area (Å²) in [6, 6.07) is 13.6. The molecule has 1 saturated heterocycles. The first-order valence-corrected chi connectivity index (χ1v) is 13.6. The van der Waals surface area contributed by atoms with Crippen LogP contribution in [0.5, 0.6) is 11.5 Å². The minimum Gasteiger partial charge on any atom is -0.496 e. The van der Waals surface area contributed by atoms with Crippen molar-refractivity contribution in [1.82, 2.24) is 0 Å². The summed E-state index contributed by atoms with van der Waals surface area (Å²) in [5, 5.41) is 10.7. The number of alkyl halides is 3. The van der Waals surface area contributed by atoms with E-state index in [9.17, 15) is 27.9 Å². The number of hydrogen-bond donors (Lipinski definition) is 2. The van der Waals surface area contributed by atoms with Gasteiger partial charge in [-0.15, -0.1) is 25.6 Å². The number of hydrogen-bond acceptors (Lipinski definition) is 6. The molecule has 2 N–H and O–H groups in total. The van der Waals surface area contributed by atoms with Crippen LogP contribution in [0.2, 0.25) is 0 Å². The summed E-state index contributed by atoms with van der Waals surface area (Å²) in [6.45, 7) is 3.70. The SMILES string of the molecule is COc1cc(CC(=O)N(Nc2ccc(C)cc2N2CCCCC2)c2ccc(OC(F)(F)F)cc2)c(Br)cc1C(=O)O.Cl. The Morgan fingerprint density at radius 2 is 1.71 bits per heavy atom. The second kappa shape index (κ2) is 14.0. The number of aryl methyl sites for hydroxylation is 1. The quantitative estimate of drug-likeness (QED) is 0.229. The van der Waals surface area contributed by atoms with Crippen LogP contribution in [0, 0.1) is 6.92 Å². The lowest BCUT2D eigenvalue weighted by Gasteiger charge is -2.33. The average Bonchev–Trinajstić information content (AvgIpc) is 2.93. The molecule has 1 amide bonds. The van der Waals surface area contributed by atoms with Gasteiger partial charge in [-0.05, 0) is 85.8 Å². The van der Waals surface area contributed by atoms with E-state index in [0.29, 0.717) is 15.7 Å². The summed E-state index contributed by atoms with van der Waals surface area (Å²) in [4.78, 5) is 27.7. The number of anilines is 3. The van der Waals surface area contributed by atoms with E-state index in [2.05, 4.69) is 31.0 Å². The number of rotatable bonds is 9. The van der Waals surface area contributed by atoms with Gasteiger partial charge in [-0.3, -0.25) is 10.2 Å². The fraction of sp³-hybridized carbons (Fsp3) is 0.310. The maximum absolute atomic E-state index is 13.8. The van der Waals surface area contributed by atoms with Crippen LogP contribution in [-0.4, -0.2) is 43.5 Å². The number of carboxylic acids is 1. The Kier molecular flexibility index (Phi) is 11.0. The molecule has 3 aromatic carbocycles. The lowest BCUT2D eigenvalue weighted by Crippen LogP contribution is -2.39. The number of carbonyl (C=O) groups is 2. The molecule has 0 atom stereocenters. The third kappa shape index (κ3) is 8.22. The van der Waals surface area contributed by atoms with E-state index >= 15 is 0 Å². The highest BCUT2D eigenvalue weighted by Crippen LogP contribution is 2.33. The number of ether oxygens (including phenoxy) is 2. The number of hydrazine groups is 1. The number of benzene rings is 3. The molecule has 0 aliphatic carbocycles. The predicted molar refractivity (Wildman–Crippen MR) is 160 cm³/mol. The molecule has 13 heteroatoms. The van der Waals surface area contributed by atoms with E-state index in [-0.39, 0.29) is 35.8 Å². The minimum atomic E-state index is -4.85. The fourth-order valence-corrected chi connectivity index (χ4v) is 5.11. The Morgan fingerprint density at radius 1 is 1.05 bits per heavy atom. The van der Waals surface area contributed by atoms with E-state index < -0.39 is 24.0 Å². The zero-order valence-corrected chi connectivity index (χ0v) is 25.2. The smallest absolute Gasteiger partial charge is 0.496 e. The molecule has 0 aromatic heterocycles. The molecule has 3 aromatic rings. The lowest BCUT2D eigenvalue weighted by atomic mass is 10.1. The van der Waals surface area contributed by atoms with Crippen molar-refractivity contribution in [2.45, 2.75) is 39.0 Å². The molecular weight excluding hydrogens is 643 g/mol. The summed E-state index contributed by atoms with van der Waals surface area (Å²) in [7, 11) is 1.33. The largest absolute Gasteiger partial charge is 0.573 e. The van der Waals surface area contributed by atoms with E-state index in [0.717, 1.165) is 55.7 Å². The molecule has 0 unspecified atom stereocenters. The van der Waals surface area contributed by atoms with Gasteiger partial charge in [0, 0.05) is 17.6 Å². The predicted octanol–water partition coefficient (Wildman–Crippen LogP) is 7.38. The number of nitrogens with one attached hydrogen (secondary N) is 1. The van der Waals surface area contributed by atoms with Crippen molar-refractivity contribution in [3.63, 3.8) is 0 Å². The molecule has 226 valence electrons. The van der Waals surface area contributed by atoms with E-state index in [1.807, 2.05) is 25.1 Å². The third-order valence-corrected chi connectivity index (χ3v) is 7.34. The second-order valence-electron chi connectivity index (χ2n) is 9.58. The van der Waals surface area contributed by atoms with Crippen molar-refractivity contribution >= 4 is 57.3 Å². The first kappa shape index (κ1) is 32.9. The number of nitrogens with zero attached hydrogens (tertiary/aromatic N) is 2. The molecule has 42 heavy (non-hydrogen) atoms.